The van der Waals surface area contributed by atoms with Crippen molar-refractivity contribution in [2.75, 3.05) is 21.3 Å². The monoisotopic (exact) mass is 399 g/mol. The molecule has 0 fully saturated rings. The summed E-state index contributed by atoms with van der Waals surface area (Å²) >= 11 is 0. The number of nitrogens with one attached hydrogen (secondary N) is 2. The van der Waals surface area contributed by atoms with Gasteiger partial charge < -0.3 is 19.5 Å². The maximum Gasteiger partial charge on any atom is 0.281 e. The van der Waals surface area contributed by atoms with Gasteiger partial charge >= 0.3 is 0 Å². The molecule has 2 aromatic rings. The van der Waals surface area contributed by atoms with E-state index in [4.69, 9.17) is 20.1 Å². The van der Waals surface area contributed by atoms with Gasteiger partial charge in [-0.15, -0.1) is 0 Å². The van der Waals surface area contributed by atoms with Crippen molar-refractivity contribution in [2.45, 2.75) is 13.3 Å². The number of hydrogen-bond acceptors (Lipinski definition) is 6. The summed E-state index contributed by atoms with van der Waals surface area (Å²) in [6.45, 7) is 2.05. The van der Waals surface area contributed by atoms with Gasteiger partial charge in [-0.1, -0.05) is 31.2 Å². The third-order valence-electron chi connectivity index (χ3n) is 4.25. The number of carbonyl (C=O) groups excluding carboxylic acids is 2. The molecule has 0 spiro atoms. The van der Waals surface area contributed by atoms with Crippen LogP contribution in [0.2, 0.25) is 0 Å². The van der Waals surface area contributed by atoms with E-state index in [0.717, 1.165) is 17.5 Å². The van der Waals surface area contributed by atoms with E-state index in [0.29, 0.717) is 17.2 Å². The van der Waals surface area contributed by atoms with Gasteiger partial charge in [0.2, 0.25) is 5.75 Å². The number of ether oxygens (including phenoxy) is 3. The Kier molecular flexibility index (Phi) is 7.62. The molecule has 8 heteroatoms. The topological polar surface area (TPSA) is 112 Å². The van der Waals surface area contributed by atoms with Crippen LogP contribution < -0.4 is 30.8 Å². The minimum absolute atomic E-state index is 0.00417. The highest BCUT2D eigenvalue weighted by Gasteiger charge is 2.19. The number of carbonyl (C=O) groups is 2. The SMILES string of the molecule is CCc1ccc(/C=C(\NC(=O)c2cc(OC)c(OC)c(OC)c2)C(=O)NN)cc1. The van der Waals surface area contributed by atoms with Gasteiger partial charge in [0.05, 0.1) is 21.3 Å². The first-order valence-corrected chi connectivity index (χ1v) is 8.90. The van der Waals surface area contributed by atoms with Crippen LogP contribution in [0.5, 0.6) is 17.2 Å². The molecule has 0 unspecified atom stereocenters. The fourth-order valence-electron chi connectivity index (χ4n) is 2.66. The van der Waals surface area contributed by atoms with Crippen LogP contribution in [0.25, 0.3) is 6.08 Å². The van der Waals surface area contributed by atoms with Gasteiger partial charge in [0, 0.05) is 5.56 Å². The second-order valence-corrected chi connectivity index (χ2v) is 5.99. The van der Waals surface area contributed by atoms with Crippen molar-refractivity contribution in [3.8, 4) is 17.2 Å². The summed E-state index contributed by atoms with van der Waals surface area (Å²) < 4.78 is 15.8. The molecule has 0 atom stereocenters. The standard InChI is InChI=1S/C21H25N3O5/c1-5-13-6-8-14(9-7-13)10-16(21(26)24-22)23-20(25)15-11-17(27-2)19(29-4)18(12-15)28-3/h6-12H,5,22H2,1-4H3,(H,23,25)(H,24,26)/b16-10-. The number of rotatable bonds is 8. The first-order chi connectivity index (χ1) is 14.0. The Bertz CT molecular complexity index is 882. The lowest BCUT2D eigenvalue weighted by Gasteiger charge is -2.14. The zero-order valence-electron chi connectivity index (χ0n) is 16.9. The Morgan fingerprint density at radius 2 is 1.59 bits per heavy atom. The van der Waals surface area contributed by atoms with E-state index in [1.165, 1.54) is 39.5 Å². The normalized spacial score (nSPS) is 10.9. The highest BCUT2D eigenvalue weighted by atomic mass is 16.5. The third kappa shape index (κ3) is 5.26. The van der Waals surface area contributed by atoms with Crippen molar-refractivity contribution in [2.24, 2.45) is 5.84 Å². The van der Waals surface area contributed by atoms with Crippen LogP contribution in [0.1, 0.15) is 28.4 Å². The molecule has 4 N–H and O–H groups in total. The number of methoxy groups -OCH3 is 3. The van der Waals surface area contributed by atoms with Gasteiger partial charge in [0.25, 0.3) is 11.8 Å². The molecule has 2 rings (SSSR count). The molecule has 0 saturated carbocycles. The molecule has 0 aromatic heterocycles. The average Bonchev–Trinajstić information content (AvgIpc) is 2.77. The van der Waals surface area contributed by atoms with Crippen LogP contribution in [0.3, 0.4) is 0 Å². The summed E-state index contributed by atoms with van der Waals surface area (Å²) in [6, 6.07) is 10.6. The van der Waals surface area contributed by atoms with Crippen LogP contribution in [0, 0.1) is 0 Å². The predicted molar refractivity (Wildman–Crippen MR) is 110 cm³/mol. The summed E-state index contributed by atoms with van der Waals surface area (Å²) in [7, 11) is 4.37. The Morgan fingerprint density at radius 1 is 1.00 bits per heavy atom. The van der Waals surface area contributed by atoms with Crippen molar-refractivity contribution < 1.29 is 23.8 Å². The van der Waals surface area contributed by atoms with Crippen molar-refractivity contribution in [3.63, 3.8) is 0 Å². The molecule has 0 bridgehead atoms. The van der Waals surface area contributed by atoms with Crippen molar-refractivity contribution in [1.82, 2.24) is 10.7 Å². The Morgan fingerprint density at radius 3 is 2.03 bits per heavy atom. The van der Waals surface area contributed by atoms with Crippen LogP contribution in [-0.2, 0) is 11.2 Å². The molecule has 8 nitrogen and oxygen atoms in total. The lowest BCUT2D eigenvalue weighted by atomic mass is 10.1. The molecular weight excluding hydrogens is 374 g/mol. The molecule has 0 heterocycles. The number of hydrogen-bond donors (Lipinski definition) is 3. The van der Waals surface area contributed by atoms with Crippen LogP contribution in [0.4, 0.5) is 0 Å². The van der Waals surface area contributed by atoms with Gasteiger partial charge in [-0.2, -0.15) is 0 Å². The quantitative estimate of drug-likeness (QED) is 0.271. The van der Waals surface area contributed by atoms with Crippen LogP contribution >= 0.6 is 0 Å². The number of amides is 2. The predicted octanol–water partition coefficient (Wildman–Crippen LogP) is 2.04. The zero-order chi connectivity index (χ0) is 21.4. The molecule has 0 aliphatic heterocycles. The highest BCUT2D eigenvalue weighted by molar-refractivity contribution is 6.05. The van der Waals surface area contributed by atoms with Crippen LogP contribution in [0.15, 0.2) is 42.1 Å². The van der Waals surface area contributed by atoms with Gasteiger partial charge in [0.15, 0.2) is 11.5 Å². The average molecular weight is 399 g/mol. The molecule has 29 heavy (non-hydrogen) atoms. The highest BCUT2D eigenvalue weighted by Crippen LogP contribution is 2.38. The van der Waals surface area contributed by atoms with Gasteiger partial charge in [-0.3, -0.25) is 15.0 Å². The third-order valence-corrected chi connectivity index (χ3v) is 4.25. The van der Waals surface area contributed by atoms with E-state index >= 15 is 0 Å². The van der Waals surface area contributed by atoms with Crippen molar-refractivity contribution in [1.29, 1.82) is 0 Å². The summed E-state index contributed by atoms with van der Waals surface area (Å²) in [5.41, 5.74) is 4.15. The molecule has 0 radical (unpaired) electrons. The summed E-state index contributed by atoms with van der Waals surface area (Å²) in [4.78, 5) is 24.9. The second-order valence-electron chi connectivity index (χ2n) is 5.99. The maximum atomic E-state index is 12.8. The first kappa shape index (κ1) is 21.8. The largest absolute Gasteiger partial charge is 0.493 e. The summed E-state index contributed by atoms with van der Waals surface area (Å²) in [5, 5.41) is 2.58. The zero-order valence-corrected chi connectivity index (χ0v) is 16.9. The molecule has 2 aromatic carbocycles. The number of hydrazine groups is 1. The summed E-state index contributed by atoms with van der Waals surface area (Å²) in [6.07, 6.45) is 2.44. The fourth-order valence-corrected chi connectivity index (χ4v) is 2.66. The molecular formula is C21H25N3O5. The molecule has 0 saturated heterocycles. The smallest absolute Gasteiger partial charge is 0.281 e. The molecule has 154 valence electrons. The molecule has 0 aliphatic rings. The van der Waals surface area contributed by atoms with Gasteiger partial charge in [-0.25, -0.2) is 5.84 Å². The minimum atomic E-state index is -0.634. The first-order valence-electron chi connectivity index (χ1n) is 8.90. The second kappa shape index (κ2) is 10.1. The van der Waals surface area contributed by atoms with Crippen molar-refractivity contribution in [3.05, 3.63) is 58.8 Å². The van der Waals surface area contributed by atoms with Gasteiger partial charge in [-0.05, 0) is 35.8 Å². The Hall–Kier alpha value is -3.52. The number of nitrogens with two attached hydrogens (primary N) is 1. The van der Waals surface area contributed by atoms with E-state index in [1.807, 2.05) is 29.7 Å². The van der Waals surface area contributed by atoms with E-state index in [9.17, 15) is 9.59 Å². The number of aryl methyl sites for hydroxylation is 1. The number of benzene rings is 2. The maximum absolute atomic E-state index is 12.8. The van der Waals surface area contributed by atoms with E-state index in [2.05, 4.69) is 12.2 Å². The van der Waals surface area contributed by atoms with Crippen molar-refractivity contribution >= 4 is 17.9 Å². The lowest BCUT2D eigenvalue weighted by Crippen LogP contribution is -2.38. The molecule has 0 aliphatic carbocycles. The fraction of sp³-hybridized carbons (Fsp3) is 0.238. The Labute approximate surface area is 169 Å². The van der Waals surface area contributed by atoms with E-state index in [1.54, 1.807) is 0 Å². The van der Waals surface area contributed by atoms with E-state index < -0.39 is 11.8 Å². The van der Waals surface area contributed by atoms with E-state index in [-0.39, 0.29) is 11.3 Å². The minimum Gasteiger partial charge on any atom is -0.493 e. The molecule has 2 amide bonds. The Balaban J connectivity index is 2.37. The van der Waals surface area contributed by atoms with Crippen LogP contribution in [-0.4, -0.2) is 33.1 Å². The van der Waals surface area contributed by atoms with Gasteiger partial charge in [0.1, 0.15) is 5.70 Å². The lowest BCUT2D eigenvalue weighted by molar-refractivity contribution is -0.117. The summed E-state index contributed by atoms with van der Waals surface area (Å²) in [5.74, 6) is 5.10.